The second kappa shape index (κ2) is 7.79. The normalized spacial score (nSPS) is 11.7. The summed E-state index contributed by atoms with van der Waals surface area (Å²) in [6.45, 7) is 1.40. The lowest BCUT2D eigenvalue weighted by Crippen LogP contribution is -2.38. The fourth-order valence-electron chi connectivity index (χ4n) is 2.36. The van der Waals surface area contributed by atoms with Crippen molar-refractivity contribution in [2.75, 3.05) is 13.6 Å². The van der Waals surface area contributed by atoms with Crippen LogP contribution in [0.25, 0.3) is 5.65 Å². The van der Waals surface area contributed by atoms with Gasteiger partial charge in [-0.2, -0.15) is 0 Å². The van der Waals surface area contributed by atoms with Crippen molar-refractivity contribution in [2.45, 2.75) is 13.0 Å². The van der Waals surface area contributed by atoms with Crippen molar-refractivity contribution in [3.63, 3.8) is 0 Å². The molecule has 2 heterocycles. The number of hydrogen-bond acceptors (Lipinski definition) is 3. The van der Waals surface area contributed by atoms with Gasteiger partial charge in [-0.05, 0) is 29.8 Å². The summed E-state index contributed by atoms with van der Waals surface area (Å²) >= 11 is 5.89. The molecule has 0 bridgehead atoms. The van der Waals surface area contributed by atoms with Gasteiger partial charge in [-0.3, -0.25) is 9.39 Å². The Kier molecular flexibility index (Phi) is 5.28. The first-order chi connectivity index (χ1) is 11.8. The summed E-state index contributed by atoms with van der Waals surface area (Å²) in [5.74, 6) is 1.67. The third-order valence-electron chi connectivity index (χ3n) is 3.62. The minimum Gasteiger partial charge on any atom is -0.356 e. The van der Waals surface area contributed by atoms with Crippen LogP contribution in [0.1, 0.15) is 11.4 Å². The number of benzene rings is 1. The number of pyridine rings is 1. The summed E-state index contributed by atoms with van der Waals surface area (Å²) < 4.78 is 1.99. The molecule has 0 radical (unpaired) electrons. The van der Waals surface area contributed by atoms with Crippen LogP contribution in [-0.2, 0) is 13.0 Å². The topological polar surface area (TPSA) is 66.6 Å². The number of nitrogens with one attached hydrogen (secondary N) is 2. The molecular formula is C17H19ClN6. The number of aliphatic imine (C=N–C) groups is 1. The van der Waals surface area contributed by atoms with E-state index >= 15 is 0 Å². The summed E-state index contributed by atoms with van der Waals surface area (Å²) in [5, 5.41) is 15.7. The van der Waals surface area contributed by atoms with Crippen LogP contribution in [0.4, 0.5) is 0 Å². The monoisotopic (exact) mass is 342 g/mol. The van der Waals surface area contributed by atoms with E-state index in [1.165, 1.54) is 0 Å². The third kappa shape index (κ3) is 4.02. The van der Waals surface area contributed by atoms with Crippen molar-refractivity contribution >= 4 is 23.2 Å². The van der Waals surface area contributed by atoms with Gasteiger partial charge in [0.15, 0.2) is 11.6 Å². The zero-order valence-electron chi connectivity index (χ0n) is 13.4. The molecule has 3 aromatic rings. The maximum Gasteiger partial charge on any atom is 0.191 e. The van der Waals surface area contributed by atoms with E-state index in [9.17, 15) is 0 Å². The van der Waals surface area contributed by atoms with Crippen LogP contribution in [0, 0.1) is 0 Å². The zero-order valence-corrected chi connectivity index (χ0v) is 14.2. The maximum atomic E-state index is 5.89. The minimum atomic E-state index is 0.685. The number of nitrogens with zero attached hydrogens (tertiary/aromatic N) is 4. The molecule has 0 aliphatic rings. The van der Waals surface area contributed by atoms with Gasteiger partial charge < -0.3 is 10.6 Å². The molecule has 2 aromatic heterocycles. The molecule has 3 rings (SSSR count). The van der Waals surface area contributed by atoms with Gasteiger partial charge in [-0.1, -0.05) is 29.8 Å². The molecule has 0 aliphatic heterocycles. The highest BCUT2D eigenvalue weighted by atomic mass is 35.5. The van der Waals surface area contributed by atoms with Gasteiger partial charge in [0, 0.05) is 37.8 Å². The Hall–Kier alpha value is -2.60. The average Bonchev–Trinajstić information content (AvgIpc) is 3.02. The Bertz CT molecular complexity index is 824. The Balaban J connectivity index is 1.50. The largest absolute Gasteiger partial charge is 0.356 e. The molecule has 0 fully saturated rings. The molecule has 0 saturated heterocycles. The fourth-order valence-corrected chi connectivity index (χ4v) is 2.49. The number of fused-ring (bicyclic) bond motifs is 1. The fraction of sp³-hybridized carbons (Fsp3) is 0.235. The molecular weight excluding hydrogens is 324 g/mol. The third-order valence-corrected chi connectivity index (χ3v) is 3.87. The standard InChI is InChI=1S/C17H19ClN6/c1-19-17(21-12-13-5-7-14(18)8-6-13)20-10-9-16-23-22-15-4-2-3-11-24(15)16/h2-8,11H,9-10,12H2,1H3,(H2,19,20,21). The smallest absolute Gasteiger partial charge is 0.191 e. The number of hydrogen-bond donors (Lipinski definition) is 2. The highest BCUT2D eigenvalue weighted by molar-refractivity contribution is 6.30. The van der Waals surface area contributed by atoms with E-state index in [1.54, 1.807) is 7.05 Å². The van der Waals surface area contributed by atoms with E-state index in [1.807, 2.05) is 53.1 Å². The minimum absolute atomic E-state index is 0.685. The maximum absolute atomic E-state index is 5.89. The molecule has 0 unspecified atom stereocenters. The van der Waals surface area contributed by atoms with Crippen molar-refractivity contribution in [1.29, 1.82) is 0 Å². The summed E-state index contributed by atoms with van der Waals surface area (Å²) in [5.41, 5.74) is 2.00. The molecule has 24 heavy (non-hydrogen) atoms. The first kappa shape index (κ1) is 16.3. The lowest BCUT2D eigenvalue weighted by Gasteiger charge is -2.11. The second-order valence-corrected chi connectivity index (χ2v) is 5.71. The Labute approximate surface area is 145 Å². The van der Waals surface area contributed by atoms with Gasteiger partial charge >= 0.3 is 0 Å². The van der Waals surface area contributed by atoms with Crippen LogP contribution in [0.5, 0.6) is 0 Å². The van der Waals surface area contributed by atoms with Crippen molar-refractivity contribution in [3.8, 4) is 0 Å². The van der Waals surface area contributed by atoms with Gasteiger partial charge in [-0.25, -0.2) is 0 Å². The van der Waals surface area contributed by atoms with Gasteiger partial charge in [0.25, 0.3) is 0 Å². The quantitative estimate of drug-likeness (QED) is 0.551. The first-order valence-corrected chi connectivity index (χ1v) is 8.11. The molecule has 124 valence electrons. The summed E-state index contributed by atoms with van der Waals surface area (Å²) in [7, 11) is 1.75. The molecule has 7 heteroatoms. The molecule has 0 amide bonds. The predicted octanol–water partition coefficient (Wildman–Crippen LogP) is 2.29. The van der Waals surface area contributed by atoms with Gasteiger partial charge in [0.1, 0.15) is 5.82 Å². The SMILES string of the molecule is CN=C(NCCc1nnc2ccccn12)NCc1ccc(Cl)cc1. The lowest BCUT2D eigenvalue weighted by atomic mass is 10.2. The van der Waals surface area contributed by atoms with Crippen LogP contribution in [0.15, 0.2) is 53.7 Å². The van der Waals surface area contributed by atoms with E-state index < -0.39 is 0 Å². The summed E-state index contributed by atoms with van der Waals surface area (Å²) in [6, 6.07) is 13.6. The molecule has 0 aliphatic carbocycles. The van der Waals surface area contributed by atoms with Crippen molar-refractivity contribution in [3.05, 3.63) is 65.1 Å². The molecule has 6 nitrogen and oxygen atoms in total. The highest BCUT2D eigenvalue weighted by Gasteiger charge is 2.05. The Morgan fingerprint density at radius 3 is 2.75 bits per heavy atom. The van der Waals surface area contributed by atoms with E-state index in [4.69, 9.17) is 11.6 Å². The van der Waals surface area contributed by atoms with Crippen molar-refractivity contribution in [2.24, 2.45) is 4.99 Å². The molecule has 0 atom stereocenters. The van der Waals surface area contributed by atoms with Crippen LogP contribution in [0.2, 0.25) is 5.02 Å². The molecule has 1 aromatic carbocycles. The van der Waals surface area contributed by atoms with E-state index in [0.29, 0.717) is 6.54 Å². The zero-order chi connectivity index (χ0) is 16.8. The predicted molar refractivity (Wildman–Crippen MR) is 96.3 cm³/mol. The molecule has 0 saturated carbocycles. The highest BCUT2D eigenvalue weighted by Crippen LogP contribution is 2.09. The number of guanidine groups is 1. The lowest BCUT2D eigenvalue weighted by molar-refractivity contribution is 0.761. The van der Waals surface area contributed by atoms with Crippen molar-refractivity contribution in [1.82, 2.24) is 25.2 Å². The molecule has 2 N–H and O–H groups in total. The van der Waals surface area contributed by atoms with Gasteiger partial charge in [0.2, 0.25) is 0 Å². The number of aromatic nitrogens is 3. The van der Waals surface area contributed by atoms with E-state index in [2.05, 4.69) is 25.8 Å². The van der Waals surface area contributed by atoms with Crippen molar-refractivity contribution < 1.29 is 0 Å². The Morgan fingerprint density at radius 2 is 1.96 bits per heavy atom. The van der Waals surface area contributed by atoms with Crippen LogP contribution < -0.4 is 10.6 Å². The summed E-state index contributed by atoms with van der Waals surface area (Å²) in [4.78, 5) is 4.23. The first-order valence-electron chi connectivity index (χ1n) is 7.74. The van der Waals surface area contributed by atoms with Crippen LogP contribution >= 0.6 is 11.6 Å². The molecule has 0 spiro atoms. The second-order valence-electron chi connectivity index (χ2n) is 5.27. The number of rotatable bonds is 5. The summed E-state index contributed by atoms with van der Waals surface area (Å²) in [6.07, 6.45) is 2.73. The van der Waals surface area contributed by atoms with Crippen LogP contribution in [0.3, 0.4) is 0 Å². The van der Waals surface area contributed by atoms with Crippen LogP contribution in [-0.4, -0.2) is 34.2 Å². The number of halogens is 1. The Morgan fingerprint density at radius 1 is 1.12 bits per heavy atom. The van der Waals surface area contributed by atoms with E-state index in [-0.39, 0.29) is 0 Å². The average molecular weight is 343 g/mol. The van der Waals surface area contributed by atoms with E-state index in [0.717, 1.165) is 41.0 Å². The van der Waals surface area contributed by atoms with Gasteiger partial charge in [-0.15, -0.1) is 10.2 Å². The van der Waals surface area contributed by atoms with Gasteiger partial charge in [0.05, 0.1) is 0 Å².